The average Bonchev–Trinajstić information content (AvgIpc) is 2.90. The van der Waals surface area contributed by atoms with E-state index in [1.54, 1.807) is 49.4 Å². The molecule has 2 heterocycles. The molecule has 1 aliphatic heterocycles. The van der Waals surface area contributed by atoms with Crippen molar-refractivity contribution >= 4 is 27.5 Å². The Labute approximate surface area is 210 Å². The Balaban J connectivity index is 1.70. The maximum Gasteiger partial charge on any atom is 0.361 e. The Morgan fingerprint density at radius 1 is 1.00 bits per heavy atom. The summed E-state index contributed by atoms with van der Waals surface area (Å²) in [5.74, 6) is 0.447. The summed E-state index contributed by atoms with van der Waals surface area (Å²) in [6.45, 7) is 6.26. The van der Waals surface area contributed by atoms with Crippen molar-refractivity contribution in [1.82, 2.24) is 9.97 Å². The van der Waals surface area contributed by atoms with Gasteiger partial charge in [-0.3, -0.25) is 4.72 Å². The van der Waals surface area contributed by atoms with Gasteiger partial charge in [0.05, 0.1) is 31.3 Å². The molecule has 1 aromatic heterocycles. The normalized spacial score (nSPS) is 13.8. The van der Waals surface area contributed by atoms with Gasteiger partial charge < -0.3 is 19.1 Å². The van der Waals surface area contributed by atoms with Gasteiger partial charge >= 0.3 is 5.97 Å². The first kappa shape index (κ1) is 25.4. The van der Waals surface area contributed by atoms with Gasteiger partial charge in [0.15, 0.2) is 23.1 Å². The van der Waals surface area contributed by atoms with E-state index in [-0.39, 0.29) is 22.9 Å². The fourth-order valence-electron chi connectivity index (χ4n) is 3.67. The number of rotatable bonds is 9. The van der Waals surface area contributed by atoms with Crippen molar-refractivity contribution in [3.8, 4) is 17.1 Å². The number of hydrogen-bond acceptors (Lipinski definition) is 9. The summed E-state index contributed by atoms with van der Waals surface area (Å²) in [6.07, 6.45) is 0. The lowest BCUT2D eigenvalue weighted by atomic mass is 10.2. The van der Waals surface area contributed by atoms with E-state index >= 15 is 0 Å². The number of nitrogens with one attached hydrogen (secondary N) is 1. The molecule has 0 atom stereocenters. The van der Waals surface area contributed by atoms with Gasteiger partial charge in [0.2, 0.25) is 0 Å². The van der Waals surface area contributed by atoms with Crippen LogP contribution in [-0.2, 0) is 19.5 Å². The molecular weight excluding hydrogens is 484 g/mol. The molecule has 0 unspecified atom stereocenters. The predicted molar refractivity (Wildman–Crippen MR) is 135 cm³/mol. The number of sulfonamides is 1. The van der Waals surface area contributed by atoms with Crippen LogP contribution in [0, 0.1) is 0 Å². The van der Waals surface area contributed by atoms with E-state index in [1.165, 1.54) is 12.1 Å². The number of carbonyl (C=O) groups is 1. The SMILES string of the molecule is CCOC(=O)c1nc(-c2ccc(NS(=O)(=O)c3ccccc3)cc2)nc(N2CCOCC2)c1OCC. The summed E-state index contributed by atoms with van der Waals surface area (Å²) in [5.41, 5.74) is 1.02. The lowest BCUT2D eigenvalue weighted by molar-refractivity contribution is 0.0514. The molecule has 1 aliphatic rings. The monoisotopic (exact) mass is 512 g/mol. The third-order valence-corrected chi connectivity index (χ3v) is 6.76. The smallest absolute Gasteiger partial charge is 0.361 e. The fraction of sp³-hybridized carbons (Fsp3) is 0.320. The zero-order valence-electron chi connectivity index (χ0n) is 20.1. The van der Waals surface area contributed by atoms with Crippen LogP contribution in [0.5, 0.6) is 5.75 Å². The second-order valence-corrected chi connectivity index (χ2v) is 9.48. The second kappa shape index (κ2) is 11.4. The molecule has 1 N–H and O–H groups in total. The van der Waals surface area contributed by atoms with Gasteiger partial charge in [-0.2, -0.15) is 0 Å². The molecule has 1 fully saturated rings. The van der Waals surface area contributed by atoms with Crippen LogP contribution in [-0.4, -0.2) is 63.9 Å². The molecule has 3 aromatic rings. The number of aromatic nitrogens is 2. The van der Waals surface area contributed by atoms with Crippen molar-refractivity contribution in [2.75, 3.05) is 49.1 Å². The van der Waals surface area contributed by atoms with Crippen LogP contribution in [0.25, 0.3) is 11.4 Å². The van der Waals surface area contributed by atoms with E-state index in [9.17, 15) is 13.2 Å². The van der Waals surface area contributed by atoms with Crippen molar-refractivity contribution in [3.05, 3.63) is 60.3 Å². The van der Waals surface area contributed by atoms with Crippen molar-refractivity contribution in [2.45, 2.75) is 18.7 Å². The average molecular weight is 513 g/mol. The number of hydrogen-bond donors (Lipinski definition) is 1. The summed E-state index contributed by atoms with van der Waals surface area (Å²) in [5, 5.41) is 0. The molecule has 2 aromatic carbocycles. The quantitative estimate of drug-likeness (QED) is 0.430. The molecule has 0 radical (unpaired) electrons. The lowest BCUT2D eigenvalue weighted by Gasteiger charge is -2.29. The lowest BCUT2D eigenvalue weighted by Crippen LogP contribution is -2.37. The number of ether oxygens (including phenoxy) is 3. The topological polar surface area (TPSA) is 120 Å². The van der Waals surface area contributed by atoms with Crippen LogP contribution in [0.2, 0.25) is 0 Å². The molecule has 36 heavy (non-hydrogen) atoms. The molecule has 190 valence electrons. The summed E-state index contributed by atoms with van der Waals surface area (Å²) in [7, 11) is -3.73. The third-order valence-electron chi connectivity index (χ3n) is 5.36. The van der Waals surface area contributed by atoms with E-state index < -0.39 is 16.0 Å². The van der Waals surface area contributed by atoms with Crippen molar-refractivity contribution in [3.63, 3.8) is 0 Å². The highest BCUT2D eigenvalue weighted by Crippen LogP contribution is 2.33. The van der Waals surface area contributed by atoms with Crippen LogP contribution < -0.4 is 14.4 Å². The van der Waals surface area contributed by atoms with Crippen molar-refractivity contribution in [1.29, 1.82) is 0 Å². The molecule has 11 heteroatoms. The van der Waals surface area contributed by atoms with E-state index in [4.69, 9.17) is 19.2 Å². The zero-order chi connectivity index (χ0) is 25.5. The molecule has 0 spiro atoms. The first-order chi connectivity index (χ1) is 17.4. The maximum absolute atomic E-state index is 12.8. The minimum Gasteiger partial charge on any atom is -0.488 e. The highest BCUT2D eigenvalue weighted by atomic mass is 32.2. The minimum absolute atomic E-state index is 0.0408. The number of esters is 1. The number of anilines is 2. The first-order valence-electron chi connectivity index (χ1n) is 11.7. The molecule has 0 saturated carbocycles. The molecule has 1 saturated heterocycles. The molecule has 0 bridgehead atoms. The van der Waals surface area contributed by atoms with Crippen LogP contribution in [0.1, 0.15) is 24.3 Å². The molecule has 4 rings (SSSR count). The fourth-order valence-corrected chi connectivity index (χ4v) is 4.75. The molecule has 0 amide bonds. The molecule has 0 aliphatic carbocycles. The summed E-state index contributed by atoms with van der Waals surface area (Å²) < 4.78 is 44.4. The predicted octanol–water partition coefficient (Wildman–Crippen LogP) is 3.36. The van der Waals surface area contributed by atoms with Gasteiger partial charge in [-0.1, -0.05) is 18.2 Å². The second-order valence-electron chi connectivity index (χ2n) is 7.80. The Hall–Kier alpha value is -3.70. The summed E-state index contributed by atoms with van der Waals surface area (Å²) in [4.78, 5) is 24.2. The number of carbonyl (C=O) groups excluding carboxylic acids is 1. The molecule has 10 nitrogen and oxygen atoms in total. The number of benzene rings is 2. The minimum atomic E-state index is -3.73. The maximum atomic E-state index is 12.8. The third kappa shape index (κ3) is 5.74. The van der Waals surface area contributed by atoms with Gasteiger partial charge in [0.25, 0.3) is 10.0 Å². The highest BCUT2D eigenvalue weighted by molar-refractivity contribution is 7.92. The summed E-state index contributed by atoms with van der Waals surface area (Å²) >= 11 is 0. The van der Waals surface area contributed by atoms with Crippen LogP contribution in [0.3, 0.4) is 0 Å². The Morgan fingerprint density at radius 2 is 1.69 bits per heavy atom. The highest BCUT2D eigenvalue weighted by Gasteiger charge is 2.27. The van der Waals surface area contributed by atoms with Crippen LogP contribution >= 0.6 is 0 Å². The molecular formula is C25H28N4O6S. The van der Waals surface area contributed by atoms with Crippen molar-refractivity contribution in [2.24, 2.45) is 0 Å². The van der Waals surface area contributed by atoms with Crippen molar-refractivity contribution < 1.29 is 27.4 Å². The standard InChI is InChI=1S/C25H28N4O6S/c1-3-34-22-21(25(30)35-4-2)26-23(27-24(22)29-14-16-33-17-15-29)18-10-12-19(13-11-18)28-36(31,32)20-8-6-5-7-9-20/h5-13,28H,3-4,14-17H2,1-2H3. The Kier molecular flexibility index (Phi) is 8.01. The van der Waals surface area contributed by atoms with Gasteiger partial charge in [0, 0.05) is 24.3 Å². The Morgan fingerprint density at radius 3 is 2.33 bits per heavy atom. The first-order valence-corrected chi connectivity index (χ1v) is 13.1. The van der Waals surface area contributed by atoms with E-state index in [1.807, 2.05) is 11.8 Å². The van der Waals surface area contributed by atoms with Gasteiger partial charge in [-0.05, 0) is 50.2 Å². The van der Waals surface area contributed by atoms with E-state index in [0.29, 0.717) is 55.8 Å². The Bertz CT molecular complexity index is 1290. The van der Waals surface area contributed by atoms with Gasteiger partial charge in [-0.15, -0.1) is 0 Å². The zero-order valence-corrected chi connectivity index (χ0v) is 21.0. The number of morpholine rings is 1. The van der Waals surface area contributed by atoms with Gasteiger partial charge in [-0.25, -0.2) is 23.2 Å². The summed E-state index contributed by atoms with van der Waals surface area (Å²) in [6, 6.07) is 14.7. The van der Waals surface area contributed by atoms with Crippen LogP contribution in [0.15, 0.2) is 59.5 Å². The number of nitrogens with zero attached hydrogens (tertiary/aromatic N) is 3. The van der Waals surface area contributed by atoms with Gasteiger partial charge in [0.1, 0.15) is 0 Å². The van der Waals surface area contributed by atoms with E-state index in [0.717, 1.165) is 0 Å². The van der Waals surface area contributed by atoms with Crippen LogP contribution in [0.4, 0.5) is 11.5 Å². The largest absolute Gasteiger partial charge is 0.488 e. The van der Waals surface area contributed by atoms with E-state index in [2.05, 4.69) is 9.71 Å².